The highest BCUT2D eigenvalue weighted by molar-refractivity contribution is 6.33. The van der Waals surface area contributed by atoms with Crippen molar-refractivity contribution in [2.45, 2.75) is 102 Å². The summed E-state index contributed by atoms with van der Waals surface area (Å²) >= 11 is 5.91. The average Bonchev–Trinajstić information content (AvgIpc) is 2.39. The van der Waals surface area contributed by atoms with E-state index < -0.39 is 10.8 Å². The van der Waals surface area contributed by atoms with Crippen LogP contribution in [0.3, 0.4) is 0 Å². The highest BCUT2D eigenvalue weighted by atomic mass is 35.5. The lowest BCUT2D eigenvalue weighted by Crippen LogP contribution is -2.28. The number of unbranched alkanes of at least 4 members (excludes halogenated alkanes) is 11. The molecule has 0 aromatic heterocycles. The van der Waals surface area contributed by atoms with Crippen molar-refractivity contribution >= 4 is 17.6 Å². The molecule has 0 aliphatic heterocycles. The van der Waals surface area contributed by atoms with E-state index in [-0.39, 0.29) is 0 Å². The van der Waals surface area contributed by atoms with Crippen LogP contribution in [0.25, 0.3) is 0 Å². The van der Waals surface area contributed by atoms with E-state index in [1.807, 2.05) is 0 Å². The Balaban J connectivity index is 3.19. The normalized spacial score (nSPS) is 14.2. The lowest BCUT2D eigenvalue weighted by molar-refractivity contribution is -0.139. The van der Waals surface area contributed by atoms with Crippen LogP contribution in [0.15, 0.2) is 0 Å². The van der Waals surface area contributed by atoms with Crippen LogP contribution in [0.1, 0.15) is 97.3 Å². The maximum Gasteiger partial charge on any atom is 0.324 e. The summed E-state index contributed by atoms with van der Waals surface area (Å²) in [5.41, 5.74) is 0. The van der Waals surface area contributed by atoms with Gasteiger partial charge in [0.2, 0.25) is 0 Å². The Hall–Kier alpha value is -0.240. The molecule has 0 aromatic carbocycles. The van der Waals surface area contributed by atoms with Crippen molar-refractivity contribution in [2.75, 3.05) is 0 Å². The summed E-state index contributed by atoms with van der Waals surface area (Å²) in [6.07, 6.45) is 16.0. The van der Waals surface area contributed by atoms with Crippen molar-refractivity contribution in [1.82, 2.24) is 0 Å². The van der Waals surface area contributed by atoms with Crippen molar-refractivity contribution in [3.05, 3.63) is 0 Å². The summed E-state index contributed by atoms with van der Waals surface area (Å²) < 4.78 is 0. The first-order chi connectivity index (χ1) is 9.50. The molecule has 20 heavy (non-hydrogen) atoms. The van der Waals surface area contributed by atoms with Gasteiger partial charge in [-0.25, -0.2) is 0 Å². The molecular weight excluding hydrogens is 272 g/mol. The second-order valence-electron chi connectivity index (χ2n) is 6.14. The molecule has 0 saturated heterocycles. The van der Waals surface area contributed by atoms with Gasteiger partial charge in [0.25, 0.3) is 0 Å². The number of aliphatic carboxylic acids is 1. The fourth-order valence-corrected chi connectivity index (χ4v) is 2.54. The van der Waals surface area contributed by atoms with Gasteiger partial charge < -0.3 is 5.11 Å². The first kappa shape index (κ1) is 19.8. The smallest absolute Gasteiger partial charge is 0.324 e. The average molecular weight is 305 g/mol. The molecule has 0 aromatic rings. The minimum absolute atomic E-state index is 0.571. The van der Waals surface area contributed by atoms with Gasteiger partial charge in [-0.1, -0.05) is 84.0 Å². The number of halogens is 1. The van der Waals surface area contributed by atoms with E-state index in [9.17, 15) is 4.79 Å². The third kappa shape index (κ3) is 11.6. The first-order valence-corrected chi connectivity index (χ1v) is 8.81. The third-order valence-corrected chi connectivity index (χ3v) is 4.30. The van der Waals surface area contributed by atoms with Gasteiger partial charge in [-0.3, -0.25) is 4.79 Å². The molecule has 0 saturated carbocycles. The van der Waals surface area contributed by atoms with E-state index in [0.29, 0.717) is 6.42 Å². The van der Waals surface area contributed by atoms with Gasteiger partial charge in [0, 0.05) is 0 Å². The summed E-state index contributed by atoms with van der Waals surface area (Å²) in [6.45, 7) is 3.85. The van der Waals surface area contributed by atoms with Gasteiger partial charge in [-0.2, -0.15) is 0 Å². The largest absolute Gasteiger partial charge is 0.480 e. The van der Waals surface area contributed by atoms with E-state index in [2.05, 4.69) is 6.92 Å². The molecule has 1 N–H and O–H groups in total. The van der Waals surface area contributed by atoms with E-state index >= 15 is 0 Å². The molecule has 1 unspecified atom stereocenters. The minimum atomic E-state index is -1.07. The molecule has 2 nitrogen and oxygen atoms in total. The predicted molar refractivity (Wildman–Crippen MR) is 87.6 cm³/mol. The molecule has 0 amide bonds. The zero-order chi connectivity index (χ0) is 15.3. The second kappa shape index (κ2) is 12.5. The Labute approximate surface area is 130 Å². The number of rotatable bonds is 14. The van der Waals surface area contributed by atoms with Gasteiger partial charge in [0.1, 0.15) is 4.87 Å². The number of carboxylic acids is 1. The number of hydrogen-bond acceptors (Lipinski definition) is 1. The number of carbonyl (C=O) groups is 1. The summed E-state index contributed by atoms with van der Waals surface area (Å²) in [4.78, 5) is 9.75. The Kier molecular flexibility index (Phi) is 12.3. The summed E-state index contributed by atoms with van der Waals surface area (Å²) in [5, 5.41) is 8.89. The summed E-state index contributed by atoms with van der Waals surface area (Å²) in [6, 6.07) is 0. The molecule has 0 aliphatic carbocycles. The van der Waals surface area contributed by atoms with Gasteiger partial charge in [0.05, 0.1) is 0 Å². The van der Waals surface area contributed by atoms with Gasteiger partial charge in [-0.15, -0.1) is 11.6 Å². The van der Waals surface area contributed by atoms with Gasteiger partial charge >= 0.3 is 5.97 Å². The summed E-state index contributed by atoms with van der Waals surface area (Å²) in [5.74, 6) is -0.901. The molecule has 0 aliphatic rings. The van der Waals surface area contributed by atoms with E-state index in [1.165, 1.54) is 64.2 Å². The zero-order valence-corrected chi connectivity index (χ0v) is 14.2. The highest BCUT2D eigenvalue weighted by Crippen LogP contribution is 2.23. The quantitative estimate of drug-likeness (QED) is 0.308. The maximum absolute atomic E-state index is 10.8. The molecule has 1 atom stereocenters. The molecule has 0 rings (SSSR count). The Morgan fingerprint density at radius 1 is 0.850 bits per heavy atom. The SMILES string of the molecule is CCCCCCCCCCCCCCC(C)(Cl)C(=O)O. The molecule has 0 bridgehead atoms. The topological polar surface area (TPSA) is 37.3 Å². The van der Waals surface area contributed by atoms with Crippen LogP contribution in [0.2, 0.25) is 0 Å². The van der Waals surface area contributed by atoms with Crippen LogP contribution in [-0.2, 0) is 4.79 Å². The molecule has 0 spiro atoms. The second-order valence-corrected chi connectivity index (χ2v) is 6.98. The molecule has 120 valence electrons. The molecule has 3 heteroatoms. The monoisotopic (exact) mass is 304 g/mol. The van der Waals surface area contributed by atoms with Crippen LogP contribution in [0, 0.1) is 0 Å². The summed E-state index contributed by atoms with van der Waals surface area (Å²) in [7, 11) is 0. The molecule has 0 fully saturated rings. The first-order valence-electron chi connectivity index (χ1n) is 8.43. The Morgan fingerprint density at radius 3 is 1.55 bits per heavy atom. The molecule has 0 radical (unpaired) electrons. The predicted octanol–water partition coefficient (Wildman–Crippen LogP) is 6.16. The van der Waals surface area contributed by atoms with Gasteiger partial charge in [0.15, 0.2) is 0 Å². The van der Waals surface area contributed by atoms with Crippen LogP contribution < -0.4 is 0 Å². The fourth-order valence-electron chi connectivity index (χ4n) is 2.40. The van der Waals surface area contributed by atoms with E-state index in [0.717, 1.165) is 12.8 Å². The molecular formula is C17H33ClO2. The van der Waals surface area contributed by atoms with Crippen molar-refractivity contribution in [1.29, 1.82) is 0 Å². The van der Waals surface area contributed by atoms with E-state index in [4.69, 9.17) is 16.7 Å². The lowest BCUT2D eigenvalue weighted by atomic mass is 10.0. The molecule has 0 heterocycles. The van der Waals surface area contributed by atoms with Crippen molar-refractivity contribution < 1.29 is 9.90 Å². The number of carboxylic acid groups (broad SMARTS) is 1. The van der Waals surface area contributed by atoms with Crippen LogP contribution in [-0.4, -0.2) is 16.0 Å². The zero-order valence-electron chi connectivity index (χ0n) is 13.4. The van der Waals surface area contributed by atoms with Crippen LogP contribution >= 0.6 is 11.6 Å². The standard InChI is InChI=1S/C17H33ClO2/c1-3-4-5-6-7-8-9-10-11-12-13-14-15-17(2,18)16(19)20/h3-15H2,1-2H3,(H,19,20). The third-order valence-electron chi connectivity index (χ3n) is 3.95. The maximum atomic E-state index is 10.8. The van der Waals surface area contributed by atoms with Crippen LogP contribution in [0.5, 0.6) is 0 Å². The highest BCUT2D eigenvalue weighted by Gasteiger charge is 2.29. The van der Waals surface area contributed by atoms with Crippen molar-refractivity contribution in [3.63, 3.8) is 0 Å². The number of alkyl halides is 1. The fraction of sp³-hybridized carbons (Fsp3) is 0.941. The van der Waals surface area contributed by atoms with E-state index in [1.54, 1.807) is 6.92 Å². The van der Waals surface area contributed by atoms with Crippen molar-refractivity contribution in [2.24, 2.45) is 0 Å². The Morgan fingerprint density at radius 2 is 1.20 bits per heavy atom. The van der Waals surface area contributed by atoms with Crippen LogP contribution in [0.4, 0.5) is 0 Å². The van der Waals surface area contributed by atoms with Crippen molar-refractivity contribution in [3.8, 4) is 0 Å². The Bertz CT molecular complexity index is 239. The minimum Gasteiger partial charge on any atom is -0.480 e. The van der Waals surface area contributed by atoms with Gasteiger partial charge in [-0.05, 0) is 13.3 Å². The number of hydrogen-bond donors (Lipinski definition) is 1. The lowest BCUT2D eigenvalue weighted by Gasteiger charge is -2.15.